The first-order valence-electron chi connectivity index (χ1n) is 14.2. The third-order valence-corrected chi connectivity index (χ3v) is 9.89. The molecule has 3 fully saturated rings. The first kappa shape index (κ1) is 26.6. The van der Waals surface area contributed by atoms with Gasteiger partial charge in [0.25, 0.3) is 0 Å². The number of alkyl halides is 3. The minimum atomic E-state index is -4.53. The van der Waals surface area contributed by atoms with E-state index in [2.05, 4.69) is 23.1 Å². The molecule has 6 rings (SSSR count). The van der Waals surface area contributed by atoms with Gasteiger partial charge in [-0.15, -0.1) is 0 Å². The van der Waals surface area contributed by atoms with E-state index in [1.54, 1.807) is 13.8 Å². The van der Waals surface area contributed by atoms with E-state index in [0.29, 0.717) is 24.3 Å². The summed E-state index contributed by atoms with van der Waals surface area (Å²) in [5.41, 5.74) is 1.43. The van der Waals surface area contributed by atoms with Gasteiger partial charge >= 0.3 is 12.1 Å². The first-order chi connectivity index (χ1) is 18.5. The lowest BCUT2D eigenvalue weighted by atomic mass is 9.81. The van der Waals surface area contributed by atoms with Crippen molar-refractivity contribution < 1.29 is 32.2 Å². The van der Waals surface area contributed by atoms with Crippen molar-refractivity contribution in [3.05, 3.63) is 64.5 Å². The van der Waals surface area contributed by atoms with Gasteiger partial charge in [-0.25, -0.2) is 4.39 Å². The van der Waals surface area contributed by atoms with E-state index in [4.69, 9.17) is 4.74 Å². The molecule has 1 saturated heterocycles. The molecule has 0 aromatic heterocycles. The van der Waals surface area contributed by atoms with E-state index in [9.17, 15) is 27.5 Å². The number of carboxylic acids is 1. The predicted octanol–water partition coefficient (Wildman–Crippen LogP) is 7.22. The molecular formula is C31H35F4NO3. The molecular weight excluding hydrogens is 510 g/mol. The van der Waals surface area contributed by atoms with Gasteiger partial charge in [0.05, 0.1) is 11.5 Å². The van der Waals surface area contributed by atoms with Crippen molar-refractivity contribution in [2.24, 2.45) is 23.7 Å². The number of aliphatic carboxylic acids is 1. The number of carbonyl (C=O) groups is 1. The van der Waals surface area contributed by atoms with Crippen LogP contribution in [0.3, 0.4) is 0 Å². The summed E-state index contributed by atoms with van der Waals surface area (Å²) in [5, 5.41) is 9.67. The largest absolute Gasteiger partial charge is 0.490 e. The van der Waals surface area contributed by atoms with Crippen LogP contribution in [0.2, 0.25) is 0 Å². The molecule has 8 heteroatoms. The summed E-state index contributed by atoms with van der Waals surface area (Å²) in [4.78, 5) is 13.9. The summed E-state index contributed by atoms with van der Waals surface area (Å²) >= 11 is 0. The molecule has 2 aromatic carbocycles. The van der Waals surface area contributed by atoms with Crippen LogP contribution in [0.1, 0.15) is 80.2 Å². The number of benzene rings is 2. The number of halogens is 4. The molecule has 1 N–H and O–H groups in total. The Balaban J connectivity index is 1.16. The maximum Gasteiger partial charge on any atom is 0.416 e. The molecule has 2 aliphatic carbocycles. The van der Waals surface area contributed by atoms with E-state index in [1.165, 1.54) is 0 Å². The Bertz CT molecular complexity index is 1260. The van der Waals surface area contributed by atoms with E-state index >= 15 is 0 Å². The molecule has 2 aliphatic heterocycles. The molecule has 39 heavy (non-hydrogen) atoms. The Morgan fingerprint density at radius 1 is 1.08 bits per heavy atom. The van der Waals surface area contributed by atoms with Crippen LogP contribution in [-0.2, 0) is 17.4 Å². The summed E-state index contributed by atoms with van der Waals surface area (Å²) in [7, 11) is 0. The lowest BCUT2D eigenvalue weighted by Gasteiger charge is -2.40. The van der Waals surface area contributed by atoms with E-state index in [1.807, 2.05) is 0 Å². The topological polar surface area (TPSA) is 49.8 Å². The fourth-order valence-electron chi connectivity index (χ4n) is 7.77. The van der Waals surface area contributed by atoms with Crippen molar-refractivity contribution in [1.29, 1.82) is 0 Å². The van der Waals surface area contributed by atoms with Gasteiger partial charge in [0.2, 0.25) is 0 Å². The van der Waals surface area contributed by atoms with Gasteiger partial charge in [-0.3, -0.25) is 9.69 Å². The monoisotopic (exact) mass is 545 g/mol. The Hall–Kier alpha value is -2.61. The molecule has 2 aromatic rings. The van der Waals surface area contributed by atoms with E-state index in [-0.39, 0.29) is 23.6 Å². The lowest BCUT2D eigenvalue weighted by Crippen LogP contribution is -2.43. The normalized spacial score (nSPS) is 29.0. The maximum atomic E-state index is 14.0. The summed E-state index contributed by atoms with van der Waals surface area (Å²) < 4.78 is 61.6. The Labute approximate surface area is 226 Å². The Morgan fingerprint density at radius 2 is 1.85 bits per heavy atom. The second kappa shape index (κ2) is 9.79. The number of nitrogens with zero attached hydrogens (tertiary/aromatic N) is 1. The van der Waals surface area contributed by atoms with Gasteiger partial charge in [0, 0.05) is 24.5 Å². The number of hydrogen-bond acceptors (Lipinski definition) is 3. The molecule has 210 valence electrons. The highest BCUT2D eigenvalue weighted by Gasteiger charge is 2.50. The van der Waals surface area contributed by atoms with Crippen LogP contribution in [0.4, 0.5) is 17.6 Å². The van der Waals surface area contributed by atoms with Crippen molar-refractivity contribution in [3.8, 4) is 5.75 Å². The second-order valence-corrected chi connectivity index (χ2v) is 12.2. The zero-order chi connectivity index (χ0) is 27.6. The van der Waals surface area contributed by atoms with Crippen LogP contribution in [0.15, 0.2) is 36.4 Å². The number of ether oxygens (including phenoxy) is 1. The summed E-state index contributed by atoms with van der Waals surface area (Å²) in [6, 6.07) is 8.61. The van der Waals surface area contributed by atoms with Gasteiger partial charge < -0.3 is 9.84 Å². The lowest BCUT2D eigenvalue weighted by molar-refractivity contribution is -0.142. The predicted molar refractivity (Wildman–Crippen MR) is 138 cm³/mol. The number of carboxylic acid groups (broad SMARTS) is 1. The minimum Gasteiger partial charge on any atom is -0.490 e. The van der Waals surface area contributed by atoms with Gasteiger partial charge in [-0.2, -0.15) is 13.2 Å². The summed E-state index contributed by atoms with van der Waals surface area (Å²) in [5.74, 6) is 0.0104. The van der Waals surface area contributed by atoms with Crippen LogP contribution in [0.5, 0.6) is 5.75 Å². The molecule has 0 amide bonds. The van der Waals surface area contributed by atoms with Gasteiger partial charge in [-0.05, 0) is 104 Å². The molecule has 0 radical (unpaired) electrons. The second-order valence-electron chi connectivity index (χ2n) is 12.2. The van der Waals surface area contributed by atoms with E-state index < -0.39 is 35.5 Å². The van der Waals surface area contributed by atoms with Crippen LogP contribution >= 0.6 is 0 Å². The van der Waals surface area contributed by atoms with Crippen molar-refractivity contribution in [3.63, 3.8) is 0 Å². The number of piperidine rings is 1. The third-order valence-electron chi connectivity index (χ3n) is 9.89. The van der Waals surface area contributed by atoms with Crippen molar-refractivity contribution in [2.45, 2.75) is 82.7 Å². The third kappa shape index (κ3) is 4.94. The molecule has 2 saturated carbocycles. The Morgan fingerprint density at radius 3 is 2.49 bits per heavy atom. The average Bonchev–Trinajstić information content (AvgIpc) is 3.51. The zero-order valence-electron chi connectivity index (χ0n) is 22.3. The zero-order valence-corrected chi connectivity index (χ0v) is 22.3. The van der Waals surface area contributed by atoms with Crippen molar-refractivity contribution in [1.82, 2.24) is 4.90 Å². The van der Waals surface area contributed by atoms with Gasteiger partial charge in [-0.1, -0.05) is 19.1 Å². The van der Waals surface area contributed by atoms with Crippen LogP contribution < -0.4 is 4.74 Å². The molecule has 2 bridgehead atoms. The van der Waals surface area contributed by atoms with Crippen LogP contribution in [-0.4, -0.2) is 34.7 Å². The highest BCUT2D eigenvalue weighted by Crippen LogP contribution is 2.51. The molecule has 4 nitrogen and oxygen atoms in total. The SMILES string of the molecule is C[C@H](C(=O)O)[C@H](c1ccc2c(c1)OC(C1CC3C[C@@H]1CN3[C@@H](C)c1cc(F)ccc1C(F)(F)F)CC2)C1CC1. The standard InChI is InChI=1S/C31H35F4NO3/c1-16(30(37)38)29(19-4-5-19)20-6-3-18-7-10-27(39-28(18)12-20)25-14-23-11-21(25)15-36(23)17(2)24-13-22(32)8-9-26(24)31(33,34)35/h3,6,8-9,12-13,16-17,19,21,23,25,27,29H,4-5,7,10-11,14-15H2,1-2H3,(H,37,38)/t16-,17-,21+,23?,25?,27?,29-/m0/s1. The van der Waals surface area contributed by atoms with Crippen molar-refractivity contribution >= 4 is 5.97 Å². The number of hydrogen-bond donors (Lipinski definition) is 1. The smallest absolute Gasteiger partial charge is 0.416 e. The van der Waals surface area contributed by atoms with Crippen LogP contribution in [0.25, 0.3) is 0 Å². The number of rotatable bonds is 7. The number of likely N-dealkylation sites (tertiary alicyclic amines) is 1. The number of fused-ring (bicyclic) bond motifs is 3. The van der Waals surface area contributed by atoms with Crippen LogP contribution in [0, 0.1) is 29.5 Å². The summed E-state index contributed by atoms with van der Waals surface area (Å²) in [6.45, 7) is 4.22. The fourth-order valence-corrected chi connectivity index (χ4v) is 7.77. The highest BCUT2D eigenvalue weighted by atomic mass is 19.4. The fraction of sp³-hybridized carbons (Fsp3) is 0.581. The molecule has 3 unspecified atom stereocenters. The Kier molecular flexibility index (Phi) is 6.68. The first-order valence-corrected chi connectivity index (χ1v) is 14.2. The number of aryl methyl sites for hydroxylation is 1. The highest BCUT2D eigenvalue weighted by molar-refractivity contribution is 5.71. The molecule has 4 aliphatic rings. The summed E-state index contributed by atoms with van der Waals surface area (Å²) in [6.07, 6.45) is 1.19. The quantitative estimate of drug-likeness (QED) is 0.373. The average molecular weight is 546 g/mol. The minimum absolute atomic E-state index is 0.00257. The van der Waals surface area contributed by atoms with E-state index in [0.717, 1.165) is 73.6 Å². The van der Waals surface area contributed by atoms with Gasteiger partial charge in [0.15, 0.2) is 0 Å². The molecule has 2 heterocycles. The maximum absolute atomic E-state index is 14.0. The van der Waals surface area contributed by atoms with Gasteiger partial charge in [0.1, 0.15) is 17.7 Å². The van der Waals surface area contributed by atoms with Crippen molar-refractivity contribution in [2.75, 3.05) is 6.54 Å². The molecule has 0 spiro atoms. The molecule has 7 atom stereocenters.